The van der Waals surface area contributed by atoms with Gasteiger partial charge in [0.25, 0.3) is 5.56 Å². The zero-order valence-corrected chi connectivity index (χ0v) is 19.3. The molecule has 0 aliphatic rings. The largest absolute Gasteiger partial charge is 0.478 e. The lowest BCUT2D eigenvalue weighted by Crippen LogP contribution is -2.30. The zero-order chi connectivity index (χ0) is 23.7. The number of fused-ring (bicyclic) bond motifs is 1. The van der Waals surface area contributed by atoms with E-state index in [4.69, 9.17) is 0 Å². The third kappa shape index (κ3) is 4.42. The van der Waals surface area contributed by atoms with E-state index in [2.05, 4.69) is 10.3 Å². The minimum Gasteiger partial charge on any atom is -0.478 e. The quantitative estimate of drug-likeness (QED) is 0.426. The van der Waals surface area contributed by atoms with Gasteiger partial charge in [0.2, 0.25) is 5.91 Å². The van der Waals surface area contributed by atoms with Crippen molar-refractivity contribution in [1.82, 2.24) is 9.55 Å². The smallest absolute Gasteiger partial charge is 0.337 e. The van der Waals surface area contributed by atoms with Crippen molar-refractivity contribution in [3.8, 4) is 11.4 Å². The molecule has 2 aromatic heterocycles. The highest BCUT2D eigenvalue weighted by Crippen LogP contribution is 2.27. The van der Waals surface area contributed by atoms with Crippen LogP contribution in [0.4, 0.5) is 5.69 Å². The number of amides is 1. The van der Waals surface area contributed by atoms with Crippen LogP contribution in [0, 0.1) is 6.92 Å². The molecule has 33 heavy (non-hydrogen) atoms. The first kappa shape index (κ1) is 22.4. The molecular weight excluding hydrogens is 438 g/mol. The number of rotatable bonds is 6. The van der Waals surface area contributed by atoms with E-state index in [0.29, 0.717) is 21.9 Å². The molecular formula is C25H23N3O4S. The molecule has 0 aliphatic carbocycles. The van der Waals surface area contributed by atoms with E-state index in [1.807, 2.05) is 69.3 Å². The summed E-state index contributed by atoms with van der Waals surface area (Å²) in [6, 6.07) is 15.0. The van der Waals surface area contributed by atoms with Gasteiger partial charge in [0.1, 0.15) is 17.2 Å². The molecule has 0 radical (unpaired) electrons. The van der Waals surface area contributed by atoms with Crippen molar-refractivity contribution in [2.45, 2.75) is 33.2 Å². The first-order valence-corrected chi connectivity index (χ1v) is 11.4. The van der Waals surface area contributed by atoms with Gasteiger partial charge in [0.15, 0.2) is 0 Å². The van der Waals surface area contributed by atoms with Crippen LogP contribution in [0.1, 0.15) is 41.3 Å². The first-order chi connectivity index (χ1) is 15.8. The van der Waals surface area contributed by atoms with Crippen LogP contribution in [-0.4, -0.2) is 26.5 Å². The van der Waals surface area contributed by atoms with Crippen LogP contribution in [-0.2, 0) is 11.3 Å². The number of benzene rings is 2. The Morgan fingerprint density at radius 3 is 2.61 bits per heavy atom. The number of nitrogens with one attached hydrogen (secondary N) is 1. The van der Waals surface area contributed by atoms with Crippen LogP contribution in [0.25, 0.3) is 21.6 Å². The second-order valence-corrected chi connectivity index (χ2v) is 8.98. The summed E-state index contributed by atoms with van der Waals surface area (Å²) in [5.41, 5.74) is 2.65. The van der Waals surface area contributed by atoms with Crippen molar-refractivity contribution < 1.29 is 14.7 Å². The Bertz CT molecular complexity index is 1440. The molecule has 0 spiro atoms. The molecule has 168 valence electrons. The van der Waals surface area contributed by atoms with Gasteiger partial charge in [-0.2, -0.15) is 0 Å². The molecule has 0 unspecified atom stereocenters. The fourth-order valence-corrected chi connectivity index (χ4v) is 4.68. The van der Waals surface area contributed by atoms with E-state index in [1.165, 1.54) is 9.95 Å². The van der Waals surface area contributed by atoms with Crippen molar-refractivity contribution in [3.63, 3.8) is 0 Å². The van der Waals surface area contributed by atoms with Gasteiger partial charge in [0, 0.05) is 16.6 Å². The Morgan fingerprint density at radius 2 is 1.91 bits per heavy atom. The van der Waals surface area contributed by atoms with Crippen LogP contribution in [0.15, 0.2) is 58.7 Å². The maximum Gasteiger partial charge on any atom is 0.337 e. The predicted molar refractivity (Wildman–Crippen MR) is 130 cm³/mol. The number of hydrogen-bond donors (Lipinski definition) is 2. The third-order valence-corrected chi connectivity index (χ3v) is 6.23. The number of aryl methyl sites for hydroxylation is 1. The summed E-state index contributed by atoms with van der Waals surface area (Å²) >= 11 is 1.10. The van der Waals surface area contributed by atoms with Gasteiger partial charge in [0.05, 0.1) is 10.9 Å². The molecule has 0 fully saturated rings. The molecule has 7 nitrogen and oxygen atoms in total. The van der Waals surface area contributed by atoms with Crippen LogP contribution >= 0.6 is 11.3 Å². The molecule has 2 heterocycles. The highest BCUT2D eigenvalue weighted by atomic mass is 32.1. The van der Waals surface area contributed by atoms with E-state index in [1.54, 1.807) is 0 Å². The Balaban J connectivity index is 1.83. The minimum atomic E-state index is -1.20. The number of aromatic nitrogens is 2. The Labute approximate surface area is 194 Å². The SMILES string of the molecule is Cc1cccc(-c2nc3scc(C(=O)O)c3c(=O)n2CC(=O)Nc2ccccc2C(C)C)c1. The van der Waals surface area contributed by atoms with Crippen LogP contribution in [0.5, 0.6) is 0 Å². The fraction of sp³-hybridized carbons (Fsp3) is 0.200. The monoisotopic (exact) mass is 461 g/mol. The molecule has 4 aromatic rings. The van der Waals surface area contributed by atoms with Gasteiger partial charge in [-0.15, -0.1) is 11.3 Å². The Morgan fingerprint density at radius 1 is 1.15 bits per heavy atom. The summed E-state index contributed by atoms with van der Waals surface area (Å²) in [6.45, 7) is 5.69. The average molecular weight is 462 g/mol. The molecule has 0 atom stereocenters. The highest BCUT2D eigenvalue weighted by Gasteiger charge is 2.22. The number of hydrogen-bond acceptors (Lipinski definition) is 5. The molecule has 0 aliphatic heterocycles. The summed E-state index contributed by atoms with van der Waals surface area (Å²) in [7, 11) is 0. The fourth-order valence-electron chi connectivity index (χ4n) is 3.78. The maximum atomic E-state index is 13.4. The average Bonchev–Trinajstić information content (AvgIpc) is 3.20. The molecule has 2 aromatic carbocycles. The summed E-state index contributed by atoms with van der Waals surface area (Å²) in [6.07, 6.45) is 0. The van der Waals surface area contributed by atoms with E-state index < -0.39 is 17.4 Å². The number of nitrogens with zero attached hydrogens (tertiary/aromatic N) is 2. The molecule has 8 heteroatoms. The predicted octanol–water partition coefficient (Wildman–Crippen LogP) is 4.89. The third-order valence-electron chi connectivity index (χ3n) is 5.36. The van der Waals surface area contributed by atoms with Crippen molar-refractivity contribution >= 4 is 39.1 Å². The molecule has 0 bridgehead atoms. The summed E-state index contributed by atoms with van der Waals surface area (Å²) < 4.78 is 1.25. The number of aromatic carboxylic acids is 1. The van der Waals surface area contributed by atoms with Gasteiger partial charge in [-0.25, -0.2) is 9.78 Å². The number of anilines is 1. The van der Waals surface area contributed by atoms with Gasteiger partial charge in [-0.3, -0.25) is 14.2 Å². The lowest BCUT2D eigenvalue weighted by atomic mass is 10.0. The minimum absolute atomic E-state index is 0.0132. The second kappa shape index (κ2) is 8.99. The number of carboxylic acid groups (broad SMARTS) is 1. The van der Waals surface area contributed by atoms with E-state index in [9.17, 15) is 19.5 Å². The summed E-state index contributed by atoms with van der Waals surface area (Å²) in [5, 5.41) is 13.8. The standard InChI is InChI=1S/C25H23N3O4S/c1-14(2)17-9-4-5-10-19(17)26-20(29)12-28-22(16-8-6-7-15(3)11-16)27-23-21(24(28)30)18(13-33-23)25(31)32/h4-11,13-14H,12H2,1-3H3,(H,26,29)(H,31,32). The van der Waals surface area contributed by atoms with Gasteiger partial charge in [-0.1, -0.05) is 55.8 Å². The lowest BCUT2D eigenvalue weighted by Gasteiger charge is -2.16. The summed E-state index contributed by atoms with van der Waals surface area (Å²) in [4.78, 5) is 43.1. The van der Waals surface area contributed by atoms with Gasteiger partial charge < -0.3 is 10.4 Å². The number of carbonyl (C=O) groups excluding carboxylic acids is 1. The van der Waals surface area contributed by atoms with Crippen molar-refractivity contribution in [1.29, 1.82) is 0 Å². The van der Waals surface area contributed by atoms with Crippen molar-refractivity contribution in [2.24, 2.45) is 0 Å². The lowest BCUT2D eigenvalue weighted by molar-refractivity contribution is -0.116. The second-order valence-electron chi connectivity index (χ2n) is 8.12. The summed E-state index contributed by atoms with van der Waals surface area (Å²) in [5.74, 6) is -1.08. The number of carbonyl (C=O) groups is 2. The van der Waals surface area contributed by atoms with Gasteiger partial charge in [-0.05, 0) is 30.5 Å². The van der Waals surface area contributed by atoms with Crippen LogP contribution < -0.4 is 10.9 Å². The van der Waals surface area contributed by atoms with Crippen molar-refractivity contribution in [3.05, 3.63) is 81.0 Å². The topological polar surface area (TPSA) is 101 Å². The molecule has 0 saturated carbocycles. The van der Waals surface area contributed by atoms with Crippen LogP contribution in [0.3, 0.4) is 0 Å². The maximum absolute atomic E-state index is 13.4. The Hall–Kier alpha value is -3.78. The number of carboxylic acids is 1. The molecule has 4 rings (SSSR count). The molecule has 0 saturated heterocycles. The highest BCUT2D eigenvalue weighted by molar-refractivity contribution is 7.17. The van der Waals surface area contributed by atoms with E-state index in [-0.39, 0.29) is 23.4 Å². The number of thiophene rings is 1. The van der Waals surface area contributed by atoms with Crippen molar-refractivity contribution in [2.75, 3.05) is 5.32 Å². The number of para-hydroxylation sites is 1. The Kier molecular flexibility index (Phi) is 6.11. The first-order valence-electron chi connectivity index (χ1n) is 10.5. The van der Waals surface area contributed by atoms with Gasteiger partial charge >= 0.3 is 5.97 Å². The molecule has 1 amide bonds. The van der Waals surface area contributed by atoms with E-state index in [0.717, 1.165) is 22.5 Å². The molecule has 2 N–H and O–H groups in total. The normalized spacial score (nSPS) is 11.2. The zero-order valence-electron chi connectivity index (χ0n) is 18.5. The van der Waals surface area contributed by atoms with E-state index >= 15 is 0 Å². The van der Waals surface area contributed by atoms with Crippen LogP contribution in [0.2, 0.25) is 0 Å².